The molecular weight excluding hydrogens is 368 g/mol. The van der Waals surface area contributed by atoms with Crippen molar-refractivity contribution in [3.63, 3.8) is 0 Å². The lowest BCUT2D eigenvalue weighted by Crippen LogP contribution is -2.17. The Morgan fingerprint density at radius 3 is 2.67 bits per heavy atom. The van der Waals surface area contributed by atoms with Crippen molar-refractivity contribution >= 4 is 17.1 Å². The Balaban J connectivity index is 1.91. The molecule has 2 aromatic carbocycles. The average Bonchev–Trinajstić information content (AvgIpc) is 3.27. The van der Waals surface area contributed by atoms with Crippen LogP contribution in [0.3, 0.4) is 0 Å². The first kappa shape index (κ1) is 17.4. The number of nitrogens with zero attached hydrogens (tertiary/aromatic N) is 3. The summed E-state index contributed by atoms with van der Waals surface area (Å²) in [5.74, 6) is 0.592. The van der Waals surface area contributed by atoms with Gasteiger partial charge in [-0.3, -0.25) is 9.36 Å². The van der Waals surface area contributed by atoms with Crippen molar-refractivity contribution in [2.45, 2.75) is 11.3 Å². The molecule has 0 radical (unpaired) electrons. The number of carbonyl (C=O) groups excluding carboxylic acids is 1. The fraction of sp³-hybridized carbons (Fsp3) is 0.167. The SMILES string of the molecule is COc1ccc(-n2c(C(N)=O)nnc2-c2ccc3c(c2O)CC[S+]3[O-])cc1. The normalized spacial score (nSPS) is 15.6. The van der Waals surface area contributed by atoms with Crippen LogP contribution in [0.1, 0.15) is 16.2 Å². The maximum Gasteiger partial charge on any atom is 0.287 e. The Morgan fingerprint density at radius 1 is 1.26 bits per heavy atom. The summed E-state index contributed by atoms with van der Waals surface area (Å²) in [5.41, 5.74) is 7.07. The molecule has 27 heavy (non-hydrogen) atoms. The molecule has 1 unspecified atom stereocenters. The number of carbonyl (C=O) groups is 1. The number of benzene rings is 2. The van der Waals surface area contributed by atoms with Gasteiger partial charge < -0.3 is 20.1 Å². The number of phenols is 1. The smallest absolute Gasteiger partial charge is 0.287 e. The summed E-state index contributed by atoms with van der Waals surface area (Å²) in [6.07, 6.45) is 0.515. The Hall–Kier alpha value is -3.04. The van der Waals surface area contributed by atoms with E-state index in [-0.39, 0.29) is 17.4 Å². The number of phenolic OH excluding ortho intramolecular Hbond substituents is 1. The minimum atomic E-state index is -1.11. The maximum atomic E-state index is 12.0. The summed E-state index contributed by atoms with van der Waals surface area (Å²) < 4.78 is 18.6. The largest absolute Gasteiger partial charge is 0.611 e. The monoisotopic (exact) mass is 384 g/mol. The van der Waals surface area contributed by atoms with E-state index in [0.29, 0.717) is 39.6 Å². The zero-order chi connectivity index (χ0) is 19.1. The maximum absolute atomic E-state index is 12.0. The Morgan fingerprint density at radius 2 is 2.00 bits per heavy atom. The van der Waals surface area contributed by atoms with Crippen LogP contribution in [0.2, 0.25) is 0 Å². The molecule has 138 valence electrons. The molecule has 3 N–H and O–H groups in total. The molecule has 0 aliphatic carbocycles. The van der Waals surface area contributed by atoms with Crippen LogP contribution in [0, 0.1) is 0 Å². The average molecular weight is 384 g/mol. The van der Waals surface area contributed by atoms with Crippen LogP contribution >= 0.6 is 0 Å². The van der Waals surface area contributed by atoms with Gasteiger partial charge in [0, 0.05) is 12.1 Å². The van der Waals surface area contributed by atoms with Crippen molar-refractivity contribution in [1.82, 2.24) is 14.8 Å². The topological polar surface area (TPSA) is 126 Å². The van der Waals surface area contributed by atoms with E-state index in [1.165, 1.54) is 4.57 Å². The zero-order valence-corrected chi connectivity index (χ0v) is 15.2. The van der Waals surface area contributed by atoms with Gasteiger partial charge in [0.05, 0.1) is 18.2 Å². The lowest BCUT2D eigenvalue weighted by molar-refractivity contribution is 0.0988. The highest BCUT2D eigenvalue weighted by Gasteiger charge is 2.31. The molecule has 0 saturated carbocycles. The van der Waals surface area contributed by atoms with Crippen LogP contribution in [0.4, 0.5) is 0 Å². The van der Waals surface area contributed by atoms with Gasteiger partial charge in [-0.25, -0.2) is 0 Å². The second-order valence-corrected chi connectivity index (χ2v) is 7.52. The van der Waals surface area contributed by atoms with Crippen molar-refractivity contribution in [3.8, 4) is 28.6 Å². The second-order valence-electron chi connectivity index (χ2n) is 5.98. The van der Waals surface area contributed by atoms with Gasteiger partial charge in [0.1, 0.15) is 17.3 Å². The standard InChI is InChI=1S/C18H16N4O4S/c1-26-11-4-2-10(3-5-11)22-17(20-21-18(22)16(19)24)13-6-7-14-12(15(13)23)8-9-27(14)25/h2-7,23H,8-9H2,1H3,(H2,19,24). The van der Waals surface area contributed by atoms with E-state index >= 15 is 0 Å². The highest BCUT2D eigenvalue weighted by atomic mass is 32.2. The number of aromatic nitrogens is 3. The van der Waals surface area contributed by atoms with Crippen LogP contribution in [-0.2, 0) is 17.6 Å². The summed E-state index contributed by atoms with van der Waals surface area (Å²) in [6.45, 7) is 0. The van der Waals surface area contributed by atoms with Crippen molar-refractivity contribution in [2.24, 2.45) is 5.73 Å². The number of ether oxygens (including phenoxy) is 1. The van der Waals surface area contributed by atoms with Gasteiger partial charge >= 0.3 is 0 Å². The Kier molecular flexibility index (Phi) is 4.25. The molecule has 1 amide bonds. The number of fused-ring (bicyclic) bond motifs is 1. The number of amides is 1. The van der Waals surface area contributed by atoms with Crippen LogP contribution < -0.4 is 10.5 Å². The third kappa shape index (κ3) is 2.81. The molecule has 1 atom stereocenters. The fourth-order valence-corrected chi connectivity index (χ4v) is 4.45. The third-order valence-corrected chi connectivity index (χ3v) is 5.93. The van der Waals surface area contributed by atoms with Crippen LogP contribution in [0.25, 0.3) is 17.1 Å². The van der Waals surface area contributed by atoms with E-state index in [1.54, 1.807) is 43.5 Å². The van der Waals surface area contributed by atoms with Gasteiger partial charge in [-0.15, -0.1) is 10.2 Å². The summed E-state index contributed by atoms with van der Waals surface area (Å²) in [5, 5.41) is 18.7. The Bertz CT molecular complexity index is 1030. The lowest BCUT2D eigenvalue weighted by Gasteiger charge is -2.12. The number of rotatable bonds is 4. The lowest BCUT2D eigenvalue weighted by atomic mass is 10.1. The summed E-state index contributed by atoms with van der Waals surface area (Å²) in [7, 11) is 1.56. The first-order valence-corrected chi connectivity index (χ1v) is 9.46. The van der Waals surface area contributed by atoms with Crippen LogP contribution in [-0.4, -0.2) is 43.2 Å². The fourth-order valence-electron chi connectivity index (χ4n) is 3.15. The quantitative estimate of drug-likeness (QED) is 0.655. The molecule has 3 aromatic rings. The highest BCUT2D eigenvalue weighted by molar-refractivity contribution is 7.91. The molecule has 8 nitrogen and oxygen atoms in total. The van der Waals surface area contributed by atoms with E-state index in [1.807, 2.05) is 0 Å². The molecule has 2 heterocycles. The molecule has 4 rings (SSSR count). The number of hydrogen-bond acceptors (Lipinski definition) is 6. The molecule has 0 saturated heterocycles. The van der Waals surface area contributed by atoms with Gasteiger partial charge in [-0.05, 0) is 47.6 Å². The van der Waals surface area contributed by atoms with Gasteiger partial charge in [0.2, 0.25) is 5.82 Å². The number of methoxy groups -OCH3 is 1. The van der Waals surface area contributed by atoms with E-state index in [4.69, 9.17) is 10.5 Å². The number of nitrogens with two attached hydrogens (primary N) is 1. The van der Waals surface area contributed by atoms with E-state index in [0.717, 1.165) is 0 Å². The molecular formula is C18H16N4O4S. The molecule has 0 spiro atoms. The summed E-state index contributed by atoms with van der Waals surface area (Å²) >= 11 is -1.11. The van der Waals surface area contributed by atoms with E-state index < -0.39 is 17.1 Å². The van der Waals surface area contributed by atoms with E-state index in [2.05, 4.69) is 10.2 Å². The molecule has 1 aliphatic rings. The second kappa shape index (κ2) is 6.60. The number of primary amides is 1. The predicted molar refractivity (Wildman–Crippen MR) is 98.5 cm³/mol. The number of hydrogen-bond donors (Lipinski definition) is 2. The molecule has 0 fully saturated rings. The van der Waals surface area contributed by atoms with Crippen molar-refractivity contribution < 1.29 is 19.2 Å². The summed E-state index contributed by atoms with van der Waals surface area (Å²) in [4.78, 5) is 12.5. The first-order chi connectivity index (χ1) is 13.0. The third-order valence-electron chi connectivity index (χ3n) is 4.48. The zero-order valence-electron chi connectivity index (χ0n) is 14.4. The van der Waals surface area contributed by atoms with Crippen molar-refractivity contribution in [3.05, 3.63) is 47.8 Å². The van der Waals surface area contributed by atoms with Crippen molar-refractivity contribution in [2.75, 3.05) is 12.9 Å². The first-order valence-electron chi connectivity index (χ1n) is 8.14. The van der Waals surface area contributed by atoms with Gasteiger partial charge in [-0.2, -0.15) is 0 Å². The highest BCUT2D eigenvalue weighted by Crippen LogP contribution is 2.40. The van der Waals surface area contributed by atoms with Crippen LogP contribution in [0.5, 0.6) is 11.5 Å². The summed E-state index contributed by atoms with van der Waals surface area (Å²) in [6, 6.07) is 10.3. The minimum Gasteiger partial charge on any atom is -0.611 e. The minimum absolute atomic E-state index is 0.00321. The van der Waals surface area contributed by atoms with Crippen LogP contribution in [0.15, 0.2) is 41.3 Å². The predicted octanol–water partition coefficient (Wildman–Crippen LogP) is 1.41. The van der Waals surface area contributed by atoms with Gasteiger partial charge in [-0.1, -0.05) is 0 Å². The molecule has 9 heteroatoms. The van der Waals surface area contributed by atoms with Crippen molar-refractivity contribution in [1.29, 1.82) is 0 Å². The van der Waals surface area contributed by atoms with Gasteiger partial charge in [0.15, 0.2) is 10.7 Å². The number of aromatic hydroxyl groups is 1. The van der Waals surface area contributed by atoms with Gasteiger partial charge in [0.25, 0.3) is 5.91 Å². The molecule has 1 aliphatic heterocycles. The molecule has 1 aromatic heterocycles. The Labute approximate surface area is 157 Å². The molecule has 0 bridgehead atoms. The van der Waals surface area contributed by atoms with E-state index in [9.17, 15) is 14.5 Å².